The second kappa shape index (κ2) is 7.28. The summed E-state index contributed by atoms with van der Waals surface area (Å²) in [6, 6.07) is 3.26. The summed E-state index contributed by atoms with van der Waals surface area (Å²) < 4.78 is 57.0. The van der Waals surface area contributed by atoms with Crippen LogP contribution in [0.1, 0.15) is 23.6 Å². The maximum atomic E-state index is 13.0. The lowest BCUT2D eigenvalue weighted by molar-refractivity contribution is -0.137. The lowest BCUT2D eigenvalue weighted by atomic mass is 9.98. The van der Waals surface area contributed by atoms with E-state index in [4.69, 9.17) is 4.74 Å². The molecular weight excluding hydrogens is 300 g/mol. The van der Waals surface area contributed by atoms with Crippen molar-refractivity contribution >= 4 is 0 Å². The molecule has 0 saturated carbocycles. The normalized spacial score (nSPS) is 18.2. The van der Waals surface area contributed by atoms with Crippen LogP contribution >= 0.6 is 0 Å². The summed E-state index contributed by atoms with van der Waals surface area (Å²) in [5, 5.41) is 3.18. The molecule has 1 atom stereocenters. The van der Waals surface area contributed by atoms with Crippen LogP contribution in [0.5, 0.6) is 5.75 Å². The van der Waals surface area contributed by atoms with Crippen molar-refractivity contribution in [3.05, 3.63) is 29.3 Å². The number of halogens is 4. The largest absolute Gasteiger partial charge is 0.497 e. The zero-order valence-electron chi connectivity index (χ0n) is 12.4. The Morgan fingerprint density at radius 1 is 1.23 bits per heavy atom. The Morgan fingerprint density at radius 2 is 1.91 bits per heavy atom. The molecule has 1 heterocycles. The van der Waals surface area contributed by atoms with Gasteiger partial charge >= 0.3 is 6.18 Å². The van der Waals surface area contributed by atoms with Gasteiger partial charge in [0.05, 0.1) is 19.3 Å². The van der Waals surface area contributed by atoms with E-state index in [1.807, 2.05) is 4.90 Å². The van der Waals surface area contributed by atoms with Crippen molar-refractivity contribution in [2.75, 3.05) is 40.0 Å². The number of benzene rings is 1. The fourth-order valence-electron chi connectivity index (χ4n) is 2.75. The van der Waals surface area contributed by atoms with E-state index in [1.165, 1.54) is 7.11 Å². The smallest absolute Gasteiger partial charge is 0.416 e. The number of ether oxygens (including phenoxy) is 1. The molecule has 1 aliphatic heterocycles. The molecule has 7 heteroatoms. The van der Waals surface area contributed by atoms with Gasteiger partial charge in [-0.1, -0.05) is 0 Å². The topological polar surface area (TPSA) is 24.5 Å². The van der Waals surface area contributed by atoms with Gasteiger partial charge in [-0.25, -0.2) is 0 Å². The SMILES string of the molecule is COc1cc([C@H](CCF)N2CCNCC2)cc(C(F)(F)F)c1. The molecule has 0 bridgehead atoms. The van der Waals surface area contributed by atoms with Gasteiger partial charge in [-0.3, -0.25) is 9.29 Å². The Hall–Kier alpha value is -1.34. The first kappa shape index (κ1) is 17.0. The Labute approximate surface area is 127 Å². The molecule has 0 amide bonds. The average Bonchev–Trinajstić information content (AvgIpc) is 2.52. The number of rotatable bonds is 5. The number of alkyl halides is 4. The van der Waals surface area contributed by atoms with Gasteiger partial charge in [-0.05, 0) is 30.2 Å². The van der Waals surface area contributed by atoms with E-state index in [-0.39, 0.29) is 18.2 Å². The highest BCUT2D eigenvalue weighted by atomic mass is 19.4. The molecule has 2 rings (SSSR count). The third-order valence-corrected chi connectivity index (χ3v) is 3.85. The maximum absolute atomic E-state index is 13.0. The van der Waals surface area contributed by atoms with Gasteiger partial charge in [0.25, 0.3) is 0 Å². The molecule has 3 nitrogen and oxygen atoms in total. The Morgan fingerprint density at radius 3 is 2.45 bits per heavy atom. The van der Waals surface area contributed by atoms with Crippen LogP contribution in [0.3, 0.4) is 0 Å². The minimum Gasteiger partial charge on any atom is -0.497 e. The molecule has 0 aliphatic carbocycles. The molecule has 1 aromatic carbocycles. The van der Waals surface area contributed by atoms with Crippen LogP contribution in [0.15, 0.2) is 18.2 Å². The van der Waals surface area contributed by atoms with Crippen molar-refractivity contribution in [3.63, 3.8) is 0 Å². The fourth-order valence-corrected chi connectivity index (χ4v) is 2.75. The maximum Gasteiger partial charge on any atom is 0.416 e. The van der Waals surface area contributed by atoms with Crippen LogP contribution in [0.25, 0.3) is 0 Å². The molecule has 22 heavy (non-hydrogen) atoms. The van der Waals surface area contributed by atoms with Gasteiger partial charge in [0, 0.05) is 32.2 Å². The summed E-state index contributed by atoms with van der Waals surface area (Å²) in [6.45, 7) is 2.29. The van der Waals surface area contributed by atoms with Gasteiger partial charge in [0.15, 0.2) is 0 Å². The van der Waals surface area contributed by atoms with E-state index in [2.05, 4.69) is 5.32 Å². The third-order valence-electron chi connectivity index (χ3n) is 3.85. The Kier molecular flexibility index (Phi) is 5.63. The van der Waals surface area contributed by atoms with Crippen LogP contribution in [-0.2, 0) is 6.18 Å². The van der Waals surface area contributed by atoms with E-state index in [0.29, 0.717) is 18.7 Å². The summed E-state index contributed by atoms with van der Waals surface area (Å²) in [6.07, 6.45) is -4.28. The third kappa shape index (κ3) is 4.10. The number of nitrogens with one attached hydrogen (secondary N) is 1. The highest BCUT2D eigenvalue weighted by Gasteiger charge is 2.33. The van der Waals surface area contributed by atoms with Crippen LogP contribution in [0.4, 0.5) is 17.6 Å². The minimum atomic E-state index is -4.45. The first-order valence-corrected chi connectivity index (χ1v) is 7.22. The molecule has 1 aliphatic rings. The van der Waals surface area contributed by atoms with Crippen LogP contribution in [-0.4, -0.2) is 44.9 Å². The standard InChI is InChI=1S/C15H20F4N2O/c1-22-13-9-11(8-12(10-13)15(17,18)19)14(2-3-16)21-6-4-20-5-7-21/h8-10,14,20H,2-7H2,1H3/t14-/m0/s1. The van der Waals surface area contributed by atoms with Crippen molar-refractivity contribution in [1.29, 1.82) is 0 Å². The number of hydrogen-bond donors (Lipinski definition) is 1. The highest BCUT2D eigenvalue weighted by Crippen LogP contribution is 2.36. The van der Waals surface area contributed by atoms with E-state index in [0.717, 1.165) is 25.2 Å². The van der Waals surface area contributed by atoms with Crippen LogP contribution in [0, 0.1) is 0 Å². The van der Waals surface area contributed by atoms with Crippen LogP contribution in [0.2, 0.25) is 0 Å². The highest BCUT2D eigenvalue weighted by molar-refractivity contribution is 5.37. The second-order valence-electron chi connectivity index (χ2n) is 5.27. The van der Waals surface area contributed by atoms with Crippen LogP contribution < -0.4 is 10.1 Å². The zero-order valence-corrected chi connectivity index (χ0v) is 12.4. The summed E-state index contributed by atoms with van der Waals surface area (Å²) >= 11 is 0. The van der Waals surface area contributed by atoms with E-state index in [1.54, 1.807) is 6.07 Å². The van der Waals surface area contributed by atoms with Gasteiger partial charge in [-0.2, -0.15) is 13.2 Å². The van der Waals surface area contributed by atoms with E-state index < -0.39 is 18.4 Å². The van der Waals surface area contributed by atoms with Crippen molar-refractivity contribution in [3.8, 4) is 5.75 Å². The van der Waals surface area contributed by atoms with Gasteiger partial charge in [-0.15, -0.1) is 0 Å². The molecule has 1 saturated heterocycles. The summed E-state index contributed by atoms with van der Waals surface area (Å²) in [5.74, 6) is 0.142. The Balaban J connectivity index is 2.36. The second-order valence-corrected chi connectivity index (χ2v) is 5.27. The first-order valence-electron chi connectivity index (χ1n) is 7.22. The molecule has 0 radical (unpaired) electrons. The van der Waals surface area contributed by atoms with Crippen molar-refractivity contribution < 1.29 is 22.3 Å². The summed E-state index contributed by atoms with van der Waals surface area (Å²) in [5.41, 5.74) is -0.313. The fraction of sp³-hybridized carbons (Fsp3) is 0.600. The molecule has 124 valence electrons. The van der Waals surface area contributed by atoms with E-state index in [9.17, 15) is 17.6 Å². The Bertz CT molecular complexity index is 487. The monoisotopic (exact) mass is 320 g/mol. The molecule has 0 aromatic heterocycles. The molecular formula is C15H20F4N2O. The first-order chi connectivity index (χ1) is 10.5. The van der Waals surface area contributed by atoms with E-state index >= 15 is 0 Å². The predicted octanol–water partition coefficient (Wildman–Crippen LogP) is 3.02. The summed E-state index contributed by atoms with van der Waals surface area (Å²) in [4.78, 5) is 2.02. The predicted molar refractivity (Wildman–Crippen MR) is 75.8 cm³/mol. The lowest BCUT2D eigenvalue weighted by Crippen LogP contribution is -2.45. The van der Waals surface area contributed by atoms with Gasteiger partial charge in [0.1, 0.15) is 5.75 Å². The zero-order chi connectivity index (χ0) is 16.2. The number of piperazine rings is 1. The van der Waals surface area contributed by atoms with Crippen molar-refractivity contribution in [2.24, 2.45) is 0 Å². The number of methoxy groups -OCH3 is 1. The molecule has 1 fully saturated rings. The minimum absolute atomic E-state index is 0.142. The van der Waals surface area contributed by atoms with Crippen molar-refractivity contribution in [1.82, 2.24) is 10.2 Å². The van der Waals surface area contributed by atoms with Crippen molar-refractivity contribution in [2.45, 2.75) is 18.6 Å². The summed E-state index contributed by atoms with van der Waals surface area (Å²) in [7, 11) is 1.33. The lowest BCUT2D eigenvalue weighted by Gasteiger charge is -2.35. The molecule has 0 unspecified atom stereocenters. The quantitative estimate of drug-likeness (QED) is 0.844. The van der Waals surface area contributed by atoms with Gasteiger partial charge < -0.3 is 10.1 Å². The number of nitrogens with zero attached hydrogens (tertiary/aromatic N) is 1. The number of hydrogen-bond acceptors (Lipinski definition) is 3. The van der Waals surface area contributed by atoms with Gasteiger partial charge in [0.2, 0.25) is 0 Å². The molecule has 0 spiro atoms. The molecule has 1 aromatic rings. The average molecular weight is 320 g/mol. The molecule has 1 N–H and O–H groups in total.